The maximum atomic E-state index is 12.6. The van der Waals surface area contributed by atoms with Crippen LogP contribution in [0.3, 0.4) is 0 Å². The van der Waals surface area contributed by atoms with Crippen molar-refractivity contribution < 1.29 is 13.9 Å². The molecule has 5 nitrogen and oxygen atoms in total. The Hall–Kier alpha value is -2.92. The van der Waals surface area contributed by atoms with Gasteiger partial charge in [0.15, 0.2) is 11.7 Å². The van der Waals surface area contributed by atoms with Crippen LogP contribution in [0.5, 0.6) is 0 Å². The van der Waals surface area contributed by atoms with Crippen molar-refractivity contribution >= 4 is 5.91 Å². The lowest BCUT2D eigenvalue weighted by molar-refractivity contribution is -0.139. The molecule has 144 valence electrons. The molecule has 3 aromatic rings. The van der Waals surface area contributed by atoms with E-state index in [1.165, 1.54) is 0 Å². The Bertz CT molecular complexity index is 892. The molecule has 1 aromatic heterocycles. The minimum Gasteiger partial charge on any atom is -0.441 e. The number of oxazole rings is 1. The van der Waals surface area contributed by atoms with E-state index in [2.05, 4.69) is 4.98 Å². The van der Waals surface area contributed by atoms with Gasteiger partial charge in [-0.3, -0.25) is 4.79 Å². The monoisotopic (exact) mass is 376 g/mol. The number of hydrogen-bond acceptors (Lipinski definition) is 4. The Labute approximate surface area is 165 Å². The average Bonchev–Trinajstić information content (AvgIpc) is 3.24. The molecule has 2 aromatic carbocycles. The molecule has 0 radical (unpaired) electrons. The third kappa shape index (κ3) is 4.49. The van der Waals surface area contributed by atoms with Gasteiger partial charge < -0.3 is 14.1 Å². The molecule has 2 heterocycles. The lowest BCUT2D eigenvalue weighted by atomic mass is 10.1. The molecule has 28 heavy (non-hydrogen) atoms. The molecule has 1 atom stereocenters. The van der Waals surface area contributed by atoms with Crippen LogP contribution in [0.4, 0.5) is 0 Å². The molecular formula is C23H24N2O3. The summed E-state index contributed by atoms with van der Waals surface area (Å²) in [6.45, 7) is 1.84. The van der Waals surface area contributed by atoms with Gasteiger partial charge in [-0.2, -0.15) is 0 Å². The number of morpholine rings is 1. The highest BCUT2D eigenvalue weighted by Gasteiger charge is 2.25. The highest BCUT2D eigenvalue weighted by Crippen LogP contribution is 2.23. The standard InChI is InChI=1S/C23H24N2O3/c26-23(25-14-15-27-21(17-25)19-10-5-2-6-11-19)13-7-12-22-24-16-20(28-22)18-8-3-1-4-9-18/h1-6,8-11,16,21H,7,12-15,17H2. The minimum absolute atomic E-state index is 0.0425. The van der Waals surface area contributed by atoms with Crippen LogP contribution in [-0.2, 0) is 16.0 Å². The van der Waals surface area contributed by atoms with Gasteiger partial charge in [-0.1, -0.05) is 60.7 Å². The summed E-state index contributed by atoms with van der Waals surface area (Å²) in [5.74, 6) is 1.61. The molecule has 1 unspecified atom stereocenters. The van der Waals surface area contributed by atoms with E-state index in [0.29, 0.717) is 38.4 Å². The maximum Gasteiger partial charge on any atom is 0.222 e. The van der Waals surface area contributed by atoms with E-state index in [4.69, 9.17) is 9.15 Å². The van der Waals surface area contributed by atoms with Gasteiger partial charge >= 0.3 is 0 Å². The maximum absolute atomic E-state index is 12.6. The first-order valence-electron chi connectivity index (χ1n) is 9.74. The lowest BCUT2D eigenvalue weighted by Gasteiger charge is -2.33. The summed E-state index contributed by atoms with van der Waals surface area (Å²) in [5.41, 5.74) is 2.13. The summed E-state index contributed by atoms with van der Waals surface area (Å²) in [6.07, 6.45) is 3.58. The van der Waals surface area contributed by atoms with Crippen LogP contribution in [0.1, 0.15) is 30.4 Å². The van der Waals surface area contributed by atoms with Crippen molar-refractivity contribution in [1.82, 2.24) is 9.88 Å². The molecule has 0 N–H and O–H groups in total. The lowest BCUT2D eigenvalue weighted by Crippen LogP contribution is -2.42. The highest BCUT2D eigenvalue weighted by molar-refractivity contribution is 5.76. The fraction of sp³-hybridized carbons (Fsp3) is 0.304. The summed E-state index contributed by atoms with van der Waals surface area (Å²) in [5, 5.41) is 0. The minimum atomic E-state index is -0.0425. The fourth-order valence-electron chi connectivity index (χ4n) is 3.46. The predicted molar refractivity (Wildman–Crippen MR) is 107 cm³/mol. The summed E-state index contributed by atoms with van der Waals surface area (Å²) in [4.78, 5) is 18.9. The molecule has 1 aliphatic heterocycles. The van der Waals surface area contributed by atoms with Crippen molar-refractivity contribution in [2.45, 2.75) is 25.4 Å². The van der Waals surface area contributed by atoms with Crippen LogP contribution in [0.25, 0.3) is 11.3 Å². The summed E-state index contributed by atoms with van der Waals surface area (Å²) in [6, 6.07) is 20.0. The van der Waals surface area contributed by atoms with Gasteiger partial charge in [0.05, 0.1) is 19.3 Å². The molecule has 0 aliphatic carbocycles. The van der Waals surface area contributed by atoms with Gasteiger partial charge in [-0.15, -0.1) is 0 Å². The Balaban J connectivity index is 1.27. The molecule has 0 bridgehead atoms. The van der Waals surface area contributed by atoms with Crippen LogP contribution < -0.4 is 0 Å². The third-order valence-electron chi connectivity index (χ3n) is 4.98. The largest absolute Gasteiger partial charge is 0.441 e. The number of carbonyl (C=O) groups is 1. The zero-order chi connectivity index (χ0) is 19.2. The Kier molecular flexibility index (Phi) is 5.83. The first-order valence-corrected chi connectivity index (χ1v) is 9.74. The Morgan fingerprint density at radius 3 is 2.61 bits per heavy atom. The topological polar surface area (TPSA) is 55.6 Å². The zero-order valence-electron chi connectivity index (χ0n) is 15.8. The second-order valence-corrected chi connectivity index (χ2v) is 6.95. The molecule has 0 saturated carbocycles. The van der Waals surface area contributed by atoms with Crippen molar-refractivity contribution in [3.8, 4) is 11.3 Å². The molecule has 5 heteroatoms. The van der Waals surface area contributed by atoms with Gasteiger partial charge in [0.2, 0.25) is 5.91 Å². The van der Waals surface area contributed by atoms with Crippen molar-refractivity contribution in [3.63, 3.8) is 0 Å². The summed E-state index contributed by atoms with van der Waals surface area (Å²) >= 11 is 0. The van der Waals surface area contributed by atoms with Crippen LogP contribution in [0.15, 0.2) is 71.3 Å². The Morgan fingerprint density at radius 1 is 1.07 bits per heavy atom. The third-order valence-corrected chi connectivity index (χ3v) is 4.98. The number of ether oxygens (including phenoxy) is 1. The number of rotatable bonds is 6. The van der Waals surface area contributed by atoms with E-state index in [0.717, 1.165) is 23.3 Å². The molecular weight excluding hydrogens is 352 g/mol. The van der Waals surface area contributed by atoms with Gasteiger partial charge in [0.1, 0.15) is 6.10 Å². The van der Waals surface area contributed by atoms with Gasteiger partial charge in [0.25, 0.3) is 0 Å². The number of amides is 1. The zero-order valence-corrected chi connectivity index (χ0v) is 15.8. The van der Waals surface area contributed by atoms with Gasteiger partial charge in [0, 0.05) is 24.9 Å². The molecule has 1 saturated heterocycles. The SMILES string of the molecule is O=C(CCCc1ncc(-c2ccccc2)o1)N1CCOC(c2ccccc2)C1. The first-order chi connectivity index (χ1) is 13.8. The number of aryl methyl sites for hydroxylation is 1. The fourth-order valence-corrected chi connectivity index (χ4v) is 3.46. The van der Waals surface area contributed by atoms with Crippen LogP contribution in [0, 0.1) is 0 Å². The molecule has 1 amide bonds. The van der Waals surface area contributed by atoms with Crippen LogP contribution >= 0.6 is 0 Å². The number of hydrogen-bond donors (Lipinski definition) is 0. The molecule has 0 spiro atoms. The molecule has 1 fully saturated rings. The number of aromatic nitrogens is 1. The summed E-state index contributed by atoms with van der Waals surface area (Å²) in [7, 11) is 0. The van der Waals surface area contributed by atoms with Crippen molar-refractivity contribution in [2.24, 2.45) is 0 Å². The average molecular weight is 376 g/mol. The number of carbonyl (C=O) groups excluding carboxylic acids is 1. The second kappa shape index (κ2) is 8.85. The van der Waals surface area contributed by atoms with E-state index in [9.17, 15) is 4.79 Å². The second-order valence-electron chi connectivity index (χ2n) is 6.95. The van der Waals surface area contributed by atoms with Crippen molar-refractivity contribution in [3.05, 3.63) is 78.3 Å². The molecule has 4 rings (SSSR count). The number of nitrogens with zero attached hydrogens (tertiary/aromatic N) is 2. The Morgan fingerprint density at radius 2 is 1.82 bits per heavy atom. The number of benzene rings is 2. The quantitative estimate of drug-likeness (QED) is 0.645. The highest BCUT2D eigenvalue weighted by atomic mass is 16.5. The van der Waals surface area contributed by atoms with E-state index in [1.807, 2.05) is 65.6 Å². The van der Waals surface area contributed by atoms with E-state index in [1.54, 1.807) is 6.20 Å². The van der Waals surface area contributed by atoms with E-state index < -0.39 is 0 Å². The van der Waals surface area contributed by atoms with Crippen LogP contribution in [-0.4, -0.2) is 35.5 Å². The first kappa shape index (κ1) is 18.4. The van der Waals surface area contributed by atoms with Gasteiger partial charge in [-0.05, 0) is 12.0 Å². The normalized spacial score (nSPS) is 16.9. The van der Waals surface area contributed by atoms with Gasteiger partial charge in [-0.25, -0.2) is 4.98 Å². The van der Waals surface area contributed by atoms with E-state index in [-0.39, 0.29) is 12.0 Å². The van der Waals surface area contributed by atoms with Crippen molar-refractivity contribution in [2.75, 3.05) is 19.7 Å². The van der Waals surface area contributed by atoms with Crippen LogP contribution in [0.2, 0.25) is 0 Å². The van der Waals surface area contributed by atoms with Crippen molar-refractivity contribution in [1.29, 1.82) is 0 Å². The van der Waals surface area contributed by atoms with E-state index >= 15 is 0 Å². The predicted octanol–water partition coefficient (Wildman–Crippen LogP) is 4.26. The smallest absolute Gasteiger partial charge is 0.222 e. The molecule has 1 aliphatic rings. The summed E-state index contributed by atoms with van der Waals surface area (Å²) < 4.78 is 11.7.